The Bertz CT molecular complexity index is 1200. The smallest absolute Gasteiger partial charge is 0.241 e. The van der Waals surface area contributed by atoms with Crippen molar-refractivity contribution in [2.75, 3.05) is 5.32 Å². The van der Waals surface area contributed by atoms with Gasteiger partial charge in [0.2, 0.25) is 15.9 Å². The maximum Gasteiger partial charge on any atom is 0.241 e. The van der Waals surface area contributed by atoms with Crippen molar-refractivity contribution in [2.45, 2.75) is 30.7 Å². The molecule has 3 aromatic carbocycles. The van der Waals surface area contributed by atoms with Crippen molar-refractivity contribution in [1.29, 1.82) is 0 Å². The maximum absolute atomic E-state index is 13.6. The second-order valence-corrected chi connectivity index (χ2v) is 8.88. The highest BCUT2D eigenvalue weighted by Crippen LogP contribution is 2.21. The van der Waals surface area contributed by atoms with Gasteiger partial charge in [-0.05, 0) is 48.7 Å². The fourth-order valence-corrected chi connectivity index (χ4v) is 4.27. The minimum atomic E-state index is -3.75. The van der Waals surface area contributed by atoms with Gasteiger partial charge < -0.3 is 5.32 Å². The van der Waals surface area contributed by atoms with E-state index < -0.39 is 45.1 Å². The highest BCUT2D eigenvalue weighted by atomic mass is 32.2. The summed E-state index contributed by atoms with van der Waals surface area (Å²) in [4.78, 5) is 12.1. The average molecular weight is 462 g/mol. The molecule has 3 aromatic rings. The highest BCUT2D eigenvalue weighted by molar-refractivity contribution is 7.89. The van der Waals surface area contributed by atoms with E-state index >= 15 is 0 Å². The van der Waals surface area contributed by atoms with E-state index in [0.717, 1.165) is 17.7 Å². The molecule has 168 valence electrons. The number of rotatable bonds is 8. The van der Waals surface area contributed by atoms with Gasteiger partial charge in [-0.1, -0.05) is 42.5 Å². The predicted molar refractivity (Wildman–Crippen MR) is 115 cm³/mol. The van der Waals surface area contributed by atoms with E-state index in [2.05, 4.69) is 10.0 Å². The van der Waals surface area contributed by atoms with Crippen LogP contribution in [-0.4, -0.2) is 14.3 Å². The van der Waals surface area contributed by atoms with Crippen molar-refractivity contribution < 1.29 is 26.4 Å². The summed E-state index contributed by atoms with van der Waals surface area (Å²) >= 11 is 0. The van der Waals surface area contributed by atoms with Gasteiger partial charge in [0.15, 0.2) is 17.5 Å². The lowest BCUT2D eigenvalue weighted by Crippen LogP contribution is -2.26. The number of nitrogens with one attached hydrogen (secondary N) is 2. The molecular formula is C23H21F3N2O3S. The summed E-state index contributed by atoms with van der Waals surface area (Å²) in [6.07, 6.45) is 0.180. The molecule has 3 rings (SSSR count). The van der Waals surface area contributed by atoms with Crippen LogP contribution in [0.1, 0.15) is 30.5 Å². The second-order valence-electron chi connectivity index (χ2n) is 7.17. The Morgan fingerprint density at radius 1 is 0.906 bits per heavy atom. The van der Waals surface area contributed by atoms with Gasteiger partial charge in [0.1, 0.15) is 0 Å². The summed E-state index contributed by atoms with van der Waals surface area (Å²) < 4.78 is 67.7. The van der Waals surface area contributed by atoms with Gasteiger partial charge in [-0.2, -0.15) is 0 Å². The minimum absolute atomic E-state index is 0.0617. The fraction of sp³-hybridized carbons (Fsp3) is 0.174. The van der Waals surface area contributed by atoms with E-state index in [9.17, 15) is 26.4 Å². The molecule has 0 aromatic heterocycles. The number of aryl methyl sites for hydroxylation is 1. The van der Waals surface area contributed by atoms with Crippen LogP contribution in [0.5, 0.6) is 0 Å². The van der Waals surface area contributed by atoms with Crippen LogP contribution in [0.25, 0.3) is 0 Å². The molecule has 0 saturated carbocycles. The third kappa shape index (κ3) is 5.74. The van der Waals surface area contributed by atoms with E-state index in [0.29, 0.717) is 5.56 Å². The van der Waals surface area contributed by atoms with Crippen LogP contribution in [0.2, 0.25) is 0 Å². The number of halogens is 3. The molecule has 0 radical (unpaired) electrons. The van der Waals surface area contributed by atoms with Crippen molar-refractivity contribution in [2.24, 2.45) is 0 Å². The molecule has 1 amide bonds. The van der Waals surface area contributed by atoms with Crippen molar-refractivity contribution in [3.8, 4) is 0 Å². The van der Waals surface area contributed by atoms with E-state index in [-0.39, 0.29) is 17.7 Å². The number of benzene rings is 3. The van der Waals surface area contributed by atoms with E-state index in [1.165, 1.54) is 12.1 Å². The largest absolute Gasteiger partial charge is 0.323 e. The van der Waals surface area contributed by atoms with Gasteiger partial charge in [-0.25, -0.2) is 26.3 Å². The van der Waals surface area contributed by atoms with Crippen molar-refractivity contribution in [3.63, 3.8) is 0 Å². The lowest BCUT2D eigenvalue weighted by atomic mass is 10.1. The third-order valence-corrected chi connectivity index (χ3v) is 6.37. The maximum atomic E-state index is 13.6. The highest BCUT2D eigenvalue weighted by Gasteiger charge is 2.19. The summed E-state index contributed by atoms with van der Waals surface area (Å²) in [5, 5.41) is 2.19. The molecule has 0 spiro atoms. The van der Waals surface area contributed by atoms with Crippen LogP contribution in [0.15, 0.2) is 71.6 Å². The molecule has 0 fully saturated rings. The van der Waals surface area contributed by atoms with Crippen LogP contribution in [-0.2, 0) is 21.2 Å². The Hall–Kier alpha value is -3.17. The molecule has 0 aliphatic heterocycles. The molecule has 9 heteroatoms. The van der Waals surface area contributed by atoms with Crippen LogP contribution in [0.3, 0.4) is 0 Å². The molecule has 2 N–H and O–H groups in total. The second kappa shape index (κ2) is 9.97. The average Bonchev–Trinajstić information content (AvgIpc) is 2.78. The summed E-state index contributed by atoms with van der Waals surface area (Å²) in [5.41, 5.74) is 1.06. The van der Waals surface area contributed by atoms with Crippen molar-refractivity contribution in [3.05, 3.63) is 95.3 Å². The number of hydrogen-bond donors (Lipinski definition) is 2. The minimum Gasteiger partial charge on any atom is -0.323 e. The lowest BCUT2D eigenvalue weighted by Gasteiger charge is -2.15. The Morgan fingerprint density at radius 3 is 2.22 bits per heavy atom. The van der Waals surface area contributed by atoms with Crippen molar-refractivity contribution in [1.82, 2.24) is 4.72 Å². The molecule has 0 bridgehead atoms. The van der Waals surface area contributed by atoms with Crippen LogP contribution in [0.4, 0.5) is 18.9 Å². The zero-order valence-electron chi connectivity index (χ0n) is 17.1. The number of anilines is 1. The van der Waals surface area contributed by atoms with Gasteiger partial charge in [0.25, 0.3) is 0 Å². The topological polar surface area (TPSA) is 75.3 Å². The predicted octanol–water partition coefficient (Wildman–Crippen LogP) is 4.71. The van der Waals surface area contributed by atoms with E-state index in [4.69, 9.17) is 0 Å². The first-order valence-corrected chi connectivity index (χ1v) is 11.3. The molecular weight excluding hydrogens is 441 g/mol. The summed E-state index contributed by atoms with van der Waals surface area (Å²) in [5.74, 6) is -5.06. The quantitative estimate of drug-likeness (QED) is 0.476. The standard InChI is InChI=1S/C23H21F3N2O3S/c1-15(17-5-3-2-4-6-17)28-32(30,31)18-10-7-16(8-11-18)9-14-21(29)27-20-13-12-19(24)22(25)23(20)26/h2-8,10-13,15,28H,9,14H2,1H3,(H,27,29). The Morgan fingerprint density at radius 2 is 1.56 bits per heavy atom. The Labute approximate surface area is 184 Å². The zero-order chi connectivity index (χ0) is 23.3. The van der Waals surface area contributed by atoms with Gasteiger partial charge in [-0.3, -0.25) is 4.79 Å². The number of carbonyl (C=O) groups excluding carboxylic acids is 1. The van der Waals surface area contributed by atoms with Gasteiger partial charge in [-0.15, -0.1) is 0 Å². The number of carbonyl (C=O) groups is 1. The first-order valence-electron chi connectivity index (χ1n) is 9.77. The lowest BCUT2D eigenvalue weighted by molar-refractivity contribution is -0.116. The summed E-state index contributed by atoms with van der Waals surface area (Å²) in [6.45, 7) is 1.75. The van der Waals surface area contributed by atoms with Crippen LogP contribution >= 0.6 is 0 Å². The number of hydrogen-bond acceptors (Lipinski definition) is 3. The molecule has 32 heavy (non-hydrogen) atoms. The van der Waals surface area contributed by atoms with Crippen molar-refractivity contribution >= 4 is 21.6 Å². The molecule has 1 unspecified atom stereocenters. The molecule has 5 nitrogen and oxygen atoms in total. The Kier molecular flexibility index (Phi) is 7.32. The molecule has 0 saturated heterocycles. The summed E-state index contributed by atoms with van der Waals surface area (Å²) in [7, 11) is -3.75. The molecule has 0 aliphatic rings. The normalized spacial score (nSPS) is 12.4. The molecule has 1 atom stereocenters. The fourth-order valence-electron chi connectivity index (χ4n) is 3.04. The first-order chi connectivity index (χ1) is 15.2. The monoisotopic (exact) mass is 462 g/mol. The molecule has 0 heterocycles. The number of sulfonamides is 1. The van der Waals surface area contributed by atoms with Gasteiger partial charge in [0.05, 0.1) is 10.6 Å². The Balaban J connectivity index is 1.58. The third-order valence-electron chi connectivity index (χ3n) is 4.82. The summed E-state index contributed by atoms with van der Waals surface area (Å²) in [6, 6.07) is 16.4. The van der Waals surface area contributed by atoms with E-state index in [1.54, 1.807) is 19.1 Å². The van der Waals surface area contributed by atoms with Gasteiger partial charge in [0, 0.05) is 12.5 Å². The van der Waals surface area contributed by atoms with Crippen LogP contribution in [0, 0.1) is 17.5 Å². The first kappa shape index (κ1) is 23.5. The zero-order valence-corrected chi connectivity index (χ0v) is 17.9. The van der Waals surface area contributed by atoms with Gasteiger partial charge >= 0.3 is 0 Å². The number of amides is 1. The van der Waals surface area contributed by atoms with E-state index in [1.807, 2.05) is 30.3 Å². The SMILES string of the molecule is CC(NS(=O)(=O)c1ccc(CCC(=O)Nc2ccc(F)c(F)c2F)cc1)c1ccccc1. The van der Waals surface area contributed by atoms with Crippen LogP contribution < -0.4 is 10.0 Å². The molecule has 0 aliphatic carbocycles.